The Morgan fingerprint density at radius 2 is 1.62 bits per heavy atom. The highest BCUT2D eigenvalue weighted by atomic mass is 16.2. The lowest BCUT2D eigenvalue weighted by atomic mass is 9.98. The molecule has 7 heteroatoms. The number of piperazine rings is 1. The van der Waals surface area contributed by atoms with E-state index in [-0.39, 0.29) is 23.8 Å². The first-order chi connectivity index (χ1) is 16.5. The van der Waals surface area contributed by atoms with Gasteiger partial charge in [0.1, 0.15) is 0 Å². The Morgan fingerprint density at radius 3 is 2.35 bits per heavy atom. The van der Waals surface area contributed by atoms with E-state index in [0.717, 1.165) is 11.3 Å². The van der Waals surface area contributed by atoms with Crippen molar-refractivity contribution < 1.29 is 14.4 Å². The monoisotopic (exact) mass is 456 g/mol. The Labute approximate surface area is 199 Å². The second kappa shape index (κ2) is 10.2. The summed E-state index contributed by atoms with van der Waals surface area (Å²) >= 11 is 0. The van der Waals surface area contributed by atoms with Crippen molar-refractivity contribution in [1.29, 1.82) is 0 Å². The average Bonchev–Trinajstić information content (AvgIpc) is 2.88. The predicted octanol–water partition coefficient (Wildman–Crippen LogP) is 3.84. The molecule has 7 nitrogen and oxygen atoms in total. The minimum absolute atomic E-state index is 0.0364. The van der Waals surface area contributed by atoms with E-state index in [1.807, 2.05) is 60.7 Å². The second-order valence-corrected chi connectivity index (χ2v) is 8.22. The Kier molecular flexibility index (Phi) is 6.92. The molecule has 1 atom stereocenters. The number of anilines is 2. The summed E-state index contributed by atoms with van der Waals surface area (Å²) in [6.07, 6.45) is 0. The Hall–Kier alpha value is -4.13. The van der Waals surface area contributed by atoms with Gasteiger partial charge in [-0.05, 0) is 42.0 Å². The SMILES string of the molecule is CNC(=O)c1cccc([C@H]2CN(C(C)=O)CCN2C(=O)c2ccccc2Nc2ccccc2)c1. The summed E-state index contributed by atoms with van der Waals surface area (Å²) in [5, 5.41) is 5.98. The van der Waals surface area contributed by atoms with Gasteiger partial charge in [0.25, 0.3) is 11.8 Å². The number of carbonyl (C=O) groups excluding carboxylic acids is 3. The molecule has 0 unspecified atom stereocenters. The highest BCUT2D eigenvalue weighted by Gasteiger charge is 2.34. The molecule has 4 rings (SSSR count). The summed E-state index contributed by atoms with van der Waals surface area (Å²) in [7, 11) is 1.58. The third-order valence-electron chi connectivity index (χ3n) is 6.06. The summed E-state index contributed by atoms with van der Waals surface area (Å²) < 4.78 is 0. The minimum atomic E-state index is -0.375. The van der Waals surface area contributed by atoms with Gasteiger partial charge in [0, 0.05) is 44.9 Å². The van der Waals surface area contributed by atoms with Crippen LogP contribution in [0.15, 0.2) is 78.9 Å². The predicted molar refractivity (Wildman–Crippen MR) is 132 cm³/mol. The van der Waals surface area contributed by atoms with Crippen LogP contribution in [-0.4, -0.2) is 54.2 Å². The van der Waals surface area contributed by atoms with Gasteiger partial charge >= 0.3 is 0 Å². The van der Waals surface area contributed by atoms with Crippen LogP contribution in [0.5, 0.6) is 0 Å². The quantitative estimate of drug-likeness (QED) is 0.611. The van der Waals surface area contributed by atoms with Gasteiger partial charge in [0.2, 0.25) is 5.91 Å². The largest absolute Gasteiger partial charge is 0.355 e. The van der Waals surface area contributed by atoms with Crippen LogP contribution in [0.25, 0.3) is 0 Å². The zero-order chi connectivity index (χ0) is 24.1. The zero-order valence-corrected chi connectivity index (χ0v) is 19.3. The fraction of sp³-hybridized carbons (Fsp3) is 0.222. The third-order valence-corrected chi connectivity index (χ3v) is 6.06. The lowest BCUT2D eigenvalue weighted by Gasteiger charge is -2.41. The van der Waals surface area contributed by atoms with E-state index in [1.54, 1.807) is 35.0 Å². The first-order valence-electron chi connectivity index (χ1n) is 11.3. The van der Waals surface area contributed by atoms with Gasteiger partial charge in [-0.15, -0.1) is 0 Å². The van der Waals surface area contributed by atoms with Gasteiger partial charge in [-0.1, -0.05) is 42.5 Å². The molecule has 1 aliphatic rings. The number of nitrogens with one attached hydrogen (secondary N) is 2. The molecule has 34 heavy (non-hydrogen) atoms. The number of carbonyl (C=O) groups is 3. The van der Waals surface area contributed by atoms with Gasteiger partial charge in [0.15, 0.2) is 0 Å². The molecule has 2 N–H and O–H groups in total. The third kappa shape index (κ3) is 4.93. The molecule has 0 bridgehead atoms. The molecule has 0 spiro atoms. The summed E-state index contributed by atoms with van der Waals surface area (Å²) in [6, 6.07) is 24.0. The van der Waals surface area contributed by atoms with Crippen molar-refractivity contribution in [1.82, 2.24) is 15.1 Å². The number of hydrogen-bond donors (Lipinski definition) is 2. The Bertz CT molecular complexity index is 1200. The van der Waals surface area contributed by atoms with Crippen LogP contribution in [0.4, 0.5) is 11.4 Å². The van der Waals surface area contributed by atoms with Gasteiger partial charge in [-0.25, -0.2) is 0 Å². The first kappa shape index (κ1) is 23.0. The Balaban J connectivity index is 1.69. The number of para-hydroxylation sites is 2. The van der Waals surface area contributed by atoms with E-state index >= 15 is 0 Å². The molecule has 0 radical (unpaired) electrons. The molecule has 3 aromatic carbocycles. The number of rotatable bonds is 5. The van der Waals surface area contributed by atoms with Crippen LogP contribution in [-0.2, 0) is 4.79 Å². The van der Waals surface area contributed by atoms with E-state index in [2.05, 4.69) is 10.6 Å². The van der Waals surface area contributed by atoms with Gasteiger partial charge in [-0.3, -0.25) is 14.4 Å². The lowest BCUT2D eigenvalue weighted by Crippen LogP contribution is -2.52. The molecular weight excluding hydrogens is 428 g/mol. The van der Waals surface area contributed by atoms with Crippen LogP contribution < -0.4 is 10.6 Å². The fourth-order valence-electron chi connectivity index (χ4n) is 4.24. The normalized spacial score (nSPS) is 15.5. The van der Waals surface area contributed by atoms with Crippen LogP contribution >= 0.6 is 0 Å². The molecule has 3 aromatic rings. The number of nitrogens with zero attached hydrogens (tertiary/aromatic N) is 2. The Morgan fingerprint density at radius 1 is 0.882 bits per heavy atom. The number of amides is 3. The summed E-state index contributed by atoms with van der Waals surface area (Å²) in [5.74, 6) is -0.361. The van der Waals surface area contributed by atoms with Crippen LogP contribution in [0.1, 0.15) is 39.2 Å². The van der Waals surface area contributed by atoms with E-state index in [9.17, 15) is 14.4 Å². The maximum absolute atomic E-state index is 13.8. The van der Waals surface area contributed by atoms with Crippen molar-refractivity contribution in [3.05, 3.63) is 95.6 Å². The van der Waals surface area contributed by atoms with Gasteiger partial charge in [-0.2, -0.15) is 0 Å². The fourth-order valence-corrected chi connectivity index (χ4v) is 4.24. The maximum atomic E-state index is 13.8. The molecule has 1 saturated heterocycles. The molecule has 3 amide bonds. The van der Waals surface area contributed by atoms with Crippen LogP contribution in [0.3, 0.4) is 0 Å². The molecule has 1 aliphatic heterocycles. The highest BCUT2D eigenvalue weighted by molar-refractivity contribution is 6.01. The van der Waals surface area contributed by atoms with Crippen LogP contribution in [0, 0.1) is 0 Å². The summed E-state index contributed by atoms with van der Waals surface area (Å²) in [5.41, 5.74) is 3.48. The average molecular weight is 457 g/mol. The number of hydrogen-bond acceptors (Lipinski definition) is 4. The van der Waals surface area contributed by atoms with Crippen molar-refractivity contribution in [2.45, 2.75) is 13.0 Å². The lowest BCUT2D eigenvalue weighted by molar-refractivity contribution is -0.131. The van der Waals surface area contributed by atoms with Gasteiger partial charge < -0.3 is 20.4 Å². The first-order valence-corrected chi connectivity index (χ1v) is 11.3. The smallest absolute Gasteiger partial charge is 0.256 e. The van der Waals surface area contributed by atoms with E-state index in [4.69, 9.17) is 0 Å². The summed E-state index contributed by atoms with van der Waals surface area (Å²) in [6.45, 7) is 2.76. The minimum Gasteiger partial charge on any atom is -0.355 e. The van der Waals surface area contributed by atoms with E-state index in [1.165, 1.54) is 6.92 Å². The van der Waals surface area contributed by atoms with Crippen molar-refractivity contribution in [2.75, 3.05) is 32.0 Å². The maximum Gasteiger partial charge on any atom is 0.256 e. The molecule has 0 aliphatic carbocycles. The molecule has 0 saturated carbocycles. The molecular formula is C27H28N4O3. The molecule has 0 aromatic heterocycles. The van der Waals surface area contributed by atoms with Gasteiger partial charge in [0.05, 0.1) is 17.3 Å². The molecule has 1 fully saturated rings. The second-order valence-electron chi connectivity index (χ2n) is 8.22. The van der Waals surface area contributed by atoms with E-state index < -0.39 is 0 Å². The molecule has 174 valence electrons. The standard InChI is InChI=1S/C27H28N4O3/c1-19(32)30-15-16-31(25(18-30)20-9-8-10-21(17-20)26(33)28-2)27(34)23-13-6-7-14-24(23)29-22-11-4-3-5-12-22/h3-14,17,25,29H,15-16,18H2,1-2H3,(H,28,33)/t25-/m1/s1. The topological polar surface area (TPSA) is 81.8 Å². The van der Waals surface area contributed by atoms with Crippen molar-refractivity contribution >= 4 is 29.1 Å². The molecule has 1 heterocycles. The van der Waals surface area contributed by atoms with Crippen LogP contribution in [0.2, 0.25) is 0 Å². The van der Waals surface area contributed by atoms with Crippen molar-refractivity contribution in [3.63, 3.8) is 0 Å². The summed E-state index contributed by atoms with van der Waals surface area (Å²) in [4.78, 5) is 41.8. The van der Waals surface area contributed by atoms with Crippen molar-refractivity contribution in [3.8, 4) is 0 Å². The number of benzene rings is 3. The van der Waals surface area contributed by atoms with E-state index in [0.29, 0.717) is 36.4 Å². The highest BCUT2D eigenvalue weighted by Crippen LogP contribution is 2.30. The zero-order valence-electron chi connectivity index (χ0n) is 19.3. The van der Waals surface area contributed by atoms with Crippen molar-refractivity contribution in [2.24, 2.45) is 0 Å².